The number of aromatic nitrogens is 3. The molecule has 4 atom stereocenters. The van der Waals surface area contributed by atoms with E-state index in [1.165, 1.54) is 18.2 Å². The van der Waals surface area contributed by atoms with Gasteiger partial charge in [0, 0.05) is 0 Å². The van der Waals surface area contributed by atoms with Gasteiger partial charge in [-0.05, 0) is 29.3 Å². The van der Waals surface area contributed by atoms with Crippen molar-refractivity contribution in [3.63, 3.8) is 0 Å². The SMILES string of the molecule is O[C@@H]1CO[C@H]2C1OC[C@H]2Oc1nc2nc(OCc3c(F)cc(-c4ccccc4)cc3F)c(Cl)cc2[nH]1. The molecule has 0 amide bonds. The highest BCUT2D eigenvalue weighted by Crippen LogP contribution is 2.32. The van der Waals surface area contributed by atoms with Gasteiger partial charge < -0.3 is 29.0 Å². The molecule has 36 heavy (non-hydrogen) atoms. The number of aromatic amines is 1. The molecular formula is C25H20ClF2N3O5. The van der Waals surface area contributed by atoms with E-state index in [1.807, 2.05) is 6.07 Å². The summed E-state index contributed by atoms with van der Waals surface area (Å²) in [6.45, 7) is 0.0103. The number of hydrogen-bond donors (Lipinski definition) is 2. The van der Waals surface area contributed by atoms with Crippen LogP contribution in [0.3, 0.4) is 0 Å². The van der Waals surface area contributed by atoms with Gasteiger partial charge in [-0.25, -0.2) is 8.78 Å². The number of benzene rings is 2. The van der Waals surface area contributed by atoms with Crippen LogP contribution < -0.4 is 9.47 Å². The van der Waals surface area contributed by atoms with Crippen LogP contribution in [-0.4, -0.2) is 57.7 Å². The Hall–Kier alpha value is -3.31. The van der Waals surface area contributed by atoms with Crippen molar-refractivity contribution in [2.45, 2.75) is 31.0 Å². The highest BCUT2D eigenvalue weighted by Gasteiger charge is 2.48. The Morgan fingerprint density at radius 2 is 1.75 bits per heavy atom. The number of aliphatic hydroxyl groups excluding tert-OH is 1. The second-order valence-corrected chi connectivity index (χ2v) is 8.99. The third-order valence-corrected chi connectivity index (χ3v) is 6.49. The molecule has 11 heteroatoms. The van der Waals surface area contributed by atoms with Crippen molar-refractivity contribution in [1.82, 2.24) is 15.0 Å². The monoisotopic (exact) mass is 515 g/mol. The first-order valence-corrected chi connectivity index (χ1v) is 11.6. The molecule has 6 rings (SSSR count). The largest absolute Gasteiger partial charge is 0.471 e. The molecule has 0 aliphatic carbocycles. The van der Waals surface area contributed by atoms with Crippen molar-refractivity contribution in [2.75, 3.05) is 13.2 Å². The molecule has 2 aromatic heterocycles. The van der Waals surface area contributed by atoms with Crippen LogP contribution in [0.25, 0.3) is 22.3 Å². The van der Waals surface area contributed by atoms with E-state index in [9.17, 15) is 13.9 Å². The lowest BCUT2D eigenvalue weighted by Gasteiger charge is -2.15. The average Bonchev–Trinajstić information content (AvgIpc) is 3.55. The Morgan fingerprint density at radius 3 is 2.53 bits per heavy atom. The predicted molar refractivity (Wildman–Crippen MR) is 125 cm³/mol. The molecule has 2 aliphatic rings. The third-order valence-electron chi connectivity index (χ3n) is 6.22. The first kappa shape index (κ1) is 23.1. The van der Waals surface area contributed by atoms with E-state index in [1.54, 1.807) is 24.3 Å². The molecule has 4 aromatic rings. The molecule has 2 aliphatic heterocycles. The molecular weight excluding hydrogens is 496 g/mol. The maximum atomic E-state index is 14.7. The number of H-pyrrole nitrogens is 1. The van der Waals surface area contributed by atoms with Crippen molar-refractivity contribution in [1.29, 1.82) is 0 Å². The highest BCUT2D eigenvalue weighted by atomic mass is 35.5. The number of ether oxygens (including phenoxy) is 4. The van der Waals surface area contributed by atoms with Crippen molar-refractivity contribution < 1.29 is 32.8 Å². The first-order valence-electron chi connectivity index (χ1n) is 11.3. The van der Waals surface area contributed by atoms with Gasteiger partial charge in [0.1, 0.15) is 41.6 Å². The molecule has 4 heterocycles. The van der Waals surface area contributed by atoms with Gasteiger partial charge >= 0.3 is 0 Å². The van der Waals surface area contributed by atoms with Crippen LogP contribution in [0.4, 0.5) is 8.78 Å². The number of imidazole rings is 1. The Bertz CT molecular complexity index is 1400. The van der Waals surface area contributed by atoms with Gasteiger partial charge in [-0.3, -0.25) is 0 Å². The van der Waals surface area contributed by atoms with Crippen LogP contribution in [-0.2, 0) is 16.1 Å². The van der Waals surface area contributed by atoms with E-state index < -0.39 is 42.7 Å². The lowest BCUT2D eigenvalue weighted by Crippen LogP contribution is -2.34. The average molecular weight is 516 g/mol. The fraction of sp³-hybridized carbons (Fsp3) is 0.280. The smallest absolute Gasteiger partial charge is 0.296 e. The van der Waals surface area contributed by atoms with E-state index in [4.69, 9.17) is 30.5 Å². The van der Waals surface area contributed by atoms with E-state index in [2.05, 4.69) is 15.0 Å². The molecule has 8 nitrogen and oxygen atoms in total. The van der Waals surface area contributed by atoms with Crippen molar-refractivity contribution in [3.8, 4) is 23.0 Å². The van der Waals surface area contributed by atoms with Crippen LogP contribution >= 0.6 is 11.6 Å². The minimum absolute atomic E-state index is 0.0281. The fourth-order valence-electron chi connectivity index (χ4n) is 4.40. The van der Waals surface area contributed by atoms with Gasteiger partial charge in [0.05, 0.1) is 24.3 Å². The highest BCUT2D eigenvalue weighted by molar-refractivity contribution is 6.32. The molecule has 2 fully saturated rings. The number of nitrogens with zero attached hydrogens (tertiary/aromatic N) is 2. The molecule has 0 radical (unpaired) electrons. The molecule has 2 saturated heterocycles. The van der Waals surface area contributed by atoms with Crippen LogP contribution in [0.2, 0.25) is 5.02 Å². The van der Waals surface area contributed by atoms with E-state index in [0.29, 0.717) is 16.6 Å². The fourth-order valence-corrected chi connectivity index (χ4v) is 4.61. The quantitative estimate of drug-likeness (QED) is 0.400. The first-order chi connectivity index (χ1) is 17.5. The Labute approximate surface area is 208 Å². The normalized spacial score (nSPS) is 23.2. The summed E-state index contributed by atoms with van der Waals surface area (Å²) in [5.41, 5.74) is 1.60. The summed E-state index contributed by atoms with van der Waals surface area (Å²) in [6, 6.07) is 13.2. The summed E-state index contributed by atoms with van der Waals surface area (Å²) in [4.78, 5) is 11.5. The molecule has 0 bridgehead atoms. The van der Waals surface area contributed by atoms with E-state index >= 15 is 0 Å². The summed E-state index contributed by atoms with van der Waals surface area (Å²) in [6.07, 6.45) is -1.98. The van der Waals surface area contributed by atoms with Crippen molar-refractivity contribution in [2.24, 2.45) is 0 Å². The minimum Gasteiger partial charge on any atom is -0.471 e. The van der Waals surface area contributed by atoms with E-state index in [0.717, 1.165) is 0 Å². The van der Waals surface area contributed by atoms with Gasteiger partial charge in [0.2, 0.25) is 5.88 Å². The number of fused-ring (bicyclic) bond motifs is 2. The molecule has 0 saturated carbocycles. The minimum atomic E-state index is -0.738. The second-order valence-electron chi connectivity index (χ2n) is 8.58. The van der Waals surface area contributed by atoms with Crippen molar-refractivity contribution >= 4 is 22.8 Å². The number of rotatable bonds is 6. The number of hydrogen-bond acceptors (Lipinski definition) is 7. The Morgan fingerprint density at radius 1 is 1.00 bits per heavy atom. The lowest BCUT2D eigenvalue weighted by atomic mass is 10.0. The van der Waals surface area contributed by atoms with Crippen LogP contribution in [0.1, 0.15) is 5.56 Å². The molecule has 2 aromatic carbocycles. The zero-order valence-electron chi connectivity index (χ0n) is 18.7. The number of nitrogens with one attached hydrogen (secondary N) is 1. The summed E-state index contributed by atoms with van der Waals surface area (Å²) in [7, 11) is 0. The van der Waals surface area contributed by atoms with E-state index in [-0.39, 0.29) is 41.3 Å². The zero-order valence-corrected chi connectivity index (χ0v) is 19.4. The van der Waals surface area contributed by atoms with Gasteiger partial charge in [0.25, 0.3) is 6.01 Å². The van der Waals surface area contributed by atoms with Gasteiger partial charge in [-0.15, -0.1) is 0 Å². The number of pyridine rings is 1. The van der Waals surface area contributed by atoms with Crippen LogP contribution in [0, 0.1) is 11.6 Å². The van der Waals surface area contributed by atoms with Crippen LogP contribution in [0.5, 0.6) is 11.9 Å². The third kappa shape index (κ3) is 4.26. The van der Waals surface area contributed by atoms with Crippen molar-refractivity contribution in [3.05, 3.63) is 70.8 Å². The Balaban J connectivity index is 1.18. The molecule has 186 valence electrons. The van der Waals surface area contributed by atoms with Gasteiger partial charge in [-0.2, -0.15) is 9.97 Å². The summed E-state index contributed by atoms with van der Waals surface area (Å²) in [5.74, 6) is -1.50. The number of aliphatic hydroxyl groups is 1. The molecule has 1 unspecified atom stereocenters. The maximum absolute atomic E-state index is 14.7. The maximum Gasteiger partial charge on any atom is 0.296 e. The van der Waals surface area contributed by atoms with Gasteiger partial charge in [0.15, 0.2) is 11.8 Å². The number of halogens is 3. The summed E-state index contributed by atoms with van der Waals surface area (Å²) < 4.78 is 52.0. The molecule has 2 N–H and O–H groups in total. The Kier molecular flexibility index (Phi) is 5.96. The zero-order chi connectivity index (χ0) is 24.8. The van der Waals surface area contributed by atoms with Crippen LogP contribution in [0.15, 0.2) is 48.5 Å². The predicted octanol–water partition coefficient (Wildman–Crippen LogP) is 4.04. The molecule has 0 spiro atoms. The second kappa shape index (κ2) is 9.29. The summed E-state index contributed by atoms with van der Waals surface area (Å²) in [5, 5.41) is 10.0. The topological polar surface area (TPSA) is 98.7 Å². The standard InChI is InChI=1S/C25H20ClF2N3O5/c26-15-8-18-23(31-25(29-18)36-20-11-34-21-19(32)10-33-22(20)21)30-24(15)35-9-14-16(27)6-13(7-17(14)28)12-4-2-1-3-5-12/h1-8,19-22,32H,9-11H2,(H,29,30,31)/t19-,20-,21?,22-/m1/s1. The summed E-state index contributed by atoms with van der Waals surface area (Å²) >= 11 is 6.29. The van der Waals surface area contributed by atoms with Gasteiger partial charge in [-0.1, -0.05) is 41.9 Å². The lowest BCUT2D eigenvalue weighted by molar-refractivity contribution is 0.00706.